The van der Waals surface area contributed by atoms with Crippen LogP contribution in [0.15, 0.2) is 48.5 Å². The van der Waals surface area contributed by atoms with Gasteiger partial charge in [-0.1, -0.05) is 29.8 Å². The second-order valence-corrected chi connectivity index (χ2v) is 6.22. The Labute approximate surface area is 148 Å². The predicted molar refractivity (Wildman–Crippen MR) is 100 cm³/mol. The van der Waals surface area contributed by atoms with Crippen LogP contribution in [0.4, 0.5) is 0 Å². The summed E-state index contributed by atoms with van der Waals surface area (Å²) in [6.07, 6.45) is 0.100. The Kier molecular flexibility index (Phi) is 6.32. The summed E-state index contributed by atoms with van der Waals surface area (Å²) in [6.45, 7) is 6.53. The van der Waals surface area contributed by atoms with Gasteiger partial charge in [0.05, 0.1) is 6.10 Å². The molecule has 0 fully saturated rings. The zero-order valence-electron chi connectivity index (χ0n) is 14.1. The number of aryl methyl sites for hydroxylation is 1. The third-order valence-corrected chi connectivity index (χ3v) is 3.54. The highest BCUT2D eigenvalue weighted by Crippen LogP contribution is 2.13. The number of thiocarbonyl (C=S) groups is 1. The molecule has 0 saturated heterocycles. The number of hydrogen-bond acceptors (Lipinski definition) is 3. The highest BCUT2D eigenvalue weighted by Gasteiger charge is 2.08. The minimum absolute atomic E-state index is 0.100. The molecule has 0 unspecified atom stereocenters. The van der Waals surface area contributed by atoms with Gasteiger partial charge in [-0.05, 0) is 62.8 Å². The lowest BCUT2D eigenvalue weighted by Gasteiger charge is -2.11. The molecule has 0 aromatic heterocycles. The van der Waals surface area contributed by atoms with Gasteiger partial charge in [-0.3, -0.25) is 10.1 Å². The molecule has 0 heterocycles. The molecular weight excluding hydrogens is 320 g/mol. The molecule has 0 bridgehead atoms. The summed E-state index contributed by atoms with van der Waals surface area (Å²) in [7, 11) is 0. The molecular formula is C19H22N2O2S. The van der Waals surface area contributed by atoms with Crippen molar-refractivity contribution in [3.63, 3.8) is 0 Å². The van der Waals surface area contributed by atoms with E-state index >= 15 is 0 Å². The van der Waals surface area contributed by atoms with Crippen LogP contribution in [0.5, 0.6) is 5.75 Å². The number of ether oxygens (including phenoxy) is 1. The van der Waals surface area contributed by atoms with Crippen molar-refractivity contribution < 1.29 is 9.53 Å². The number of nitrogens with one attached hydrogen (secondary N) is 2. The van der Waals surface area contributed by atoms with E-state index in [0.717, 1.165) is 11.3 Å². The number of rotatable bonds is 5. The maximum absolute atomic E-state index is 12.2. The Morgan fingerprint density at radius 1 is 1.08 bits per heavy atom. The zero-order chi connectivity index (χ0) is 17.5. The molecule has 126 valence electrons. The number of carbonyl (C=O) groups is 1. The van der Waals surface area contributed by atoms with Gasteiger partial charge in [0.1, 0.15) is 5.75 Å². The van der Waals surface area contributed by atoms with Crippen molar-refractivity contribution in [1.82, 2.24) is 10.6 Å². The lowest BCUT2D eigenvalue weighted by atomic mass is 10.1. The summed E-state index contributed by atoms with van der Waals surface area (Å²) < 4.78 is 5.56. The van der Waals surface area contributed by atoms with Crippen LogP contribution in [0.1, 0.15) is 35.3 Å². The largest absolute Gasteiger partial charge is 0.491 e. The lowest BCUT2D eigenvalue weighted by Crippen LogP contribution is -2.38. The van der Waals surface area contributed by atoms with E-state index in [4.69, 9.17) is 17.0 Å². The van der Waals surface area contributed by atoms with E-state index in [1.54, 1.807) is 24.3 Å². The first-order valence-corrected chi connectivity index (χ1v) is 8.26. The van der Waals surface area contributed by atoms with Crippen LogP contribution in [0, 0.1) is 6.92 Å². The van der Waals surface area contributed by atoms with Gasteiger partial charge in [-0.2, -0.15) is 0 Å². The molecule has 2 N–H and O–H groups in total. The topological polar surface area (TPSA) is 50.4 Å². The van der Waals surface area contributed by atoms with Crippen molar-refractivity contribution in [2.45, 2.75) is 33.4 Å². The van der Waals surface area contributed by atoms with Crippen LogP contribution in [-0.2, 0) is 6.54 Å². The summed E-state index contributed by atoms with van der Waals surface area (Å²) >= 11 is 5.17. The fraction of sp³-hybridized carbons (Fsp3) is 0.263. The van der Waals surface area contributed by atoms with Crippen LogP contribution in [0.25, 0.3) is 0 Å². The van der Waals surface area contributed by atoms with Gasteiger partial charge in [0.15, 0.2) is 5.11 Å². The molecule has 5 heteroatoms. The molecule has 0 radical (unpaired) electrons. The first-order valence-electron chi connectivity index (χ1n) is 7.85. The Morgan fingerprint density at radius 3 is 2.29 bits per heavy atom. The van der Waals surface area contributed by atoms with Crippen LogP contribution >= 0.6 is 12.2 Å². The molecule has 0 aliphatic heterocycles. The summed E-state index contributed by atoms with van der Waals surface area (Å²) in [5.41, 5.74) is 2.84. The normalized spacial score (nSPS) is 10.3. The first kappa shape index (κ1) is 17.9. The van der Waals surface area contributed by atoms with Crippen molar-refractivity contribution in [2.75, 3.05) is 0 Å². The van der Waals surface area contributed by atoms with Crippen LogP contribution in [0.2, 0.25) is 0 Å². The third-order valence-electron chi connectivity index (χ3n) is 3.29. The standard InChI is InChI=1S/C19H22N2O2S/c1-13(2)23-17-10-8-16(9-11-17)18(22)21-19(24)20-12-15-6-4-14(3)5-7-15/h4-11,13H,12H2,1-3H3,(H2,20,21,22,24). The van der Waals surface area contributed by atoms with Gasteiger partial charge in [-0.15, -0.1) is 0 Å². The van der Waals surface area contributed by atoms with E-state index in [-0.39, 0.29) is 12.0 Å². The second-order valence-electron chi connectivity index (χ2n) is 5.81. The summed E-state index contributed by atoms with van der Waals surface area (Å²) in [5.74, 6) is 0.495. The maximum atomic E-state index is 12.2. The van der Waals surface area contributed by atoms with E-state index in [1.807, 2.05) is 45.0 Å². The lowest BCUT2D eigenvalue weighted by molar-refractivity contribution is 0.0976. The average Bonchev–Trinajstić information content (AvgIpc) is 2.54. The van der Waals surface area contributed by atoms with E-state index < -0.39 is 0 Å². The number of carbonyl (C=O) groups excluding carboxylic acids is 1. The minimum atomic E-state index is -0.243. The maximum Gasteiger partial charge on any atom is 0.257 e. The Balaban J connectivity index is 1.84. The van der Waals surface area contributed by atoms with Crippen molar-refractivity contribution in [3.05, 3.63) is 65.2 Å². The van der Waals surface area contributed by atoms with Crippen molar-refractivity contribution in [1.29, 1.82) is 0 Å². The molecule has 2 rings (SSSR count). The molecule has 1 amide bonds. The Hall–Kier alpha value is -2.40. The summed E-state index contributed by atoms with van der Waals surface area (Å²) in [6, 6.07) is 15.1. The fourth-order valence-electron chi connectivity index (χ4n) is 2.06. The van der Waals surface area contributed by atoms with E-state index in [2.05, 4.69) is 10.6 Å². The molecule has 24 heavy (non-hydrogen) atoms. The van der Waals surface area contributed by atoms with Crippen LogP contribution in [-0.4, -0.2) is 17.1 Å². The number of hydrogen-bond donors (Lipinski definition) is 2. The number of amides is 1. The summed E-state index contributed by atoms with van der Waals surface area (Å²) in [4.78, 5) is 12.2. The molecule has 0 atom stereocenters. The number of benzene rings is 2. The van der Waals surface area contributed by atoms with Gasteiger partial charge in [0, 0.05) is 12.1 Å². The van der Waals surface area contributed by atoms with Crippen molar-refractivity contribution in [3.8, 4) is 5.75 Å². The van der Waals surface area contributed by atoms with E-state index in [1.165, 1.54) is 5.56 Å². The Bertz CT molecular complexity index is 694. The fourth-order valence-corrected chi connectivity index (χ4v) is 2.23. The molecule has 0 spiro atoms. The quantitative estimate of drug-likeness (QED) is 0.816. The van der Waals surface area contributed by atoms with Gasteiger partial charge in [0.25, 0.3) is 5.91 Å². The molecule has 0 aliphatic rings. The molecule has 2 aromatic carbocycles. The van der Waals surface area contributed by atoms with Gasteiger partial charge >= 0.3 is 0 Å². The van der Waals surface area contributed by atoms with Crippen molar-refractivity contribution >= 4 is 23.2 Å². The van der Waals surface area contributed by atoms with Crippen molar-refractivity contribution in [2.24, 2.45) is 0 Å². The second kappa shape index (κ2) is 8.45. The smallest absolute Gasteiger partial charge is 0.257 e. The molecule has 0 saturated carbocycles. The highest BCUT2D eigenvalue weighted by molar-refractivity contribution is 7.80. The summed E-state index contributed by atoms with van der Waals surface area (Å²) in [5, 5.41) is 6.02. The van der Waals surface area contributed by atoms with Gasteiger partial charge < -0.3 is 10.1 Å². The minimum Gasteiger partial charge on any atom is -0.491 e. The molecule has 4 nitrogen and oxygen atoms in total. The average molecular weight is 342 g/mol. The van der Waals surface area contributed by atoms with E-state index in [9.17, 15) is 4.79 Å². The van der Waals surface area contributed by atoms with Crippen LogP contribution < -0.4 is 15.4 Å². The first-order chi connectivity index (χ1) is 11.4. The monoisotopic (exact) mass is 342 g/mol. The van der Waals surface area contributed by atoms with E-state index in [0.29, 0.717) is 17.2 Å². The van der Waals surface area contributed by atoms with Gasteiger partial charge in [-0.25, -0.2) is 0 Å². The molecule has 0 aliphatic carbocycles. The zero-order valence-corrected chi connectivity index (χ0v) is 14.9. The Morgan fingerprint density at radius 2 is 1.71 bits per heavy atom. The van der Waals surface area contributed by atoms with Crippen LogP contribution in [0.3, 0.4) is 0 Å². The predicted octanol–water partition coefficient (Wildman–Crippen LogP) is 3.59. The SMILES string of the molecule is Cc1ccc(CNC(=S)NC(=O)c2ccc(OC(C)C)cc2)cc1. The third kappa shape index (κ3) is 5.66. The highest BCUT2D eigenvalue weighted by atomic mass is 32.1. The van der Waals surface area contributed by atoms with Gasteiger partial charge in [0.2, 0.25) is 0 Å². The molecule has 2 aromatic rings.